The Morgan fingerprint density at radius 2 is 1.73 bits per heavy atom. The minimum Gasteiger partial charge on any atom is -0.229 e. The van der Waals surface area contributed by atoms with Gasteiger partial charge in [0.15, 0.2) is 3.92 Å². The minimum atomic E-state index is 0.956. The van der Waals surface area contributed by atoms with Gasteiger partial charge in [-0.2, -0.15) is 0 Å². The van der Waals surface area contributed by atoms with Crippen molar-refractivity contribution in [2.75, 3.05) is 0 Å². The molecule has 1 aromatic heterocycles. The average molecular weight is 282 g/mol. The fraction of sp³-hybridized carbons (Fsp3) is 0.250. The molecule has 1 nitrogen and oxygen atoms in total. The SMILES string of the molecule is Cc1cccc(C)c1-c1nc(Br)sc1C. The minimum absolute atomic E-state index is 0.956. The van der Waals surface area contributed by atoms with Gasteiger partial charge in [0, 0.05) is 10.4 Å². The molecule has 0 aliphatic heterocycles. The van der Waals surface area contributed by atoms with Gasteiger partial charge in [-0.25, -0.2) is 4.98 Å². The van der Waals surface area contributed by atoms with Crippen molar-refractivity contribution < 1.29 is 0 Å². The zero-order valence-corrected chi connectivity index (χ0v) is 11.4. The highest BCUT2D eigenvalue weighted by molar-refractivity contribution is 9.11. The zero-order chi connectivity index (χ0) is 11.0. The molecule has 0 saturated heterocycles. The summed E-state index contributed by atoms with van der Waals surface area (Å²) in [6.45, 7) is 6.38. The van der Waals surface area contributed by atoms with E-state index in [4.69, 9.17) is 0 Å². The molecule has 0 aliphatic carbocycles. The highest BCUT2D eigenvalue weighted by Crippen LogP contribution is 2.33. The van der Waals surface area contributed by atoms with Crippen molar-refractivity contribution in [3.8, 4) is 11.3 Å². The lowest BCUT2D eigenvalue weighted by atomic mass is 10.00. The molecule has 0 saturated carbocycles. The van der Waals surface area contributed by atoms with E-state index in [0.29, 0.717) is 0 Å². The van der Waals surface area contributed by atoms with Crippen LogP contribution in [0, 0.1) is 20.8 Å². The van der Waals surface area contributed by atoms with Gasteiger partial charge >= 0.3 is 0 Å². The lowest BCUT2D eigenvalue weighted by molar-refractivity contribution is 1.29. The molecular formula is C12H12BrNS. The highest BCUT2D eigenvalue weighted by atomic mass is 79.9. The van der Waals surface area contributed by atoms with E-state index in [0.717, 1.165) is 9.61 Å². The standard InChI is InChI=1S/C12H12BrNS/c1-7-5-4-6-8(2)10(7)11-9(3)15-12(13)14-11/h4-6H,1-3H3. The van der Waals surface area contributed by atoms with Crippen molar-refractivity contribution in [2.24, 2.45) is 0 Å². The molecule has 0 amide bonds. The Bertz CT molecular complexity index is 482. The first-order chi connectivity index (χ1) is 7.09. The first-order valence-electron chi connectivity index (χ1n) is 4.79. The van der Waals surface area contributed by atoms with Crippen LogP contribution in [0.3, 0.4) is 0 Å². The number of nitrogens with zero attached hydrogens (tertiary/aromatic N) is 1. The maximum absolute atomic E-state index is 4.54. The van der Waals surface area contributed by atoms with Gasteiger partial charge in [0.05, 0.1) is 5.69 Å². The fourth-order valence-electron chi connectivity index (χ4n) is 1.78. The molecule has 1 heterocycles. The molecule has 0 N–H and O–H groups in total. The van der Waals surface area contributed by atoms with Gasteiger partial charge in [0.1, 0.15) is 0 Å². The molecular weight excluding hydrogens is 270 g/mol. The topological polar surface area (TPSA) is 12.9 Å². The van der Waals surface area contributed by atoms with Gasteiger partial charge in [-0.3, -0.25) is 0 Å². The van der Waals surface area contributed by atoms with Crippen molar-refractivity contribution in [1.82, 2.24) is 4.98 Å². The van der Waals surface area contributed by atoms with Crippen molar-refractivity contribution in [1.29, 1.82) is 0 Å². The predicted molar refractivity (Wildman–Crippen MR) is 69.5 cm³/mol. The van der Waals surface area contributed by atoms with E-state index in [2.05, 4.69) is 59.9 Å². The third kappa shape index (κ3) is 1.99. The van der Waals surface area contributed by atoms with Crippen LogP contribution >= 0.6 is 27.3 Å². The third-order valence-corrected chi connectivity index (χ3v) is 3.91. The van der Waals surface area contributed by atoms with Crippen LogP contribution in [0.25, 0.3) is 11.3 Å². The smallest absolute Gasteiger partial charge is 0.160 e. The third-order valence-electron chi connectivity index (χ3n) is 2.49. The summed E-state index contributed by atoms with van der Waals surface area (Å²) in [6, 6.07) is 6.36. The van der Waals surface area contributed by atoms with E-state index in [1.807, 2.05) is 0 Å². The Balaban J connectivity index is 2.68. The monoisotopic (exact) mass is 281 g/mol. The van der Waals surface area contributed by atoms with Gasteiger partial charge in [0.25, 0.3) is 0 Å². The Morgan fingerprint density at radius 3 is 2.20 bits per heavy atom. The van der Waals surface area contributed by atoms with Crippen LogP contribution in [0.1, 0.15) is 16.0 Å². The largest absolute Gasteiger partial charge is 0.229 e. The van der Waals surface area contributed by atoms with Crippen molar-refractivity contribution >= 4 is 27.3 Å². The van der Waals surface area contributed by atoms with Gasteiger partial charge in [-0.1, -0.05) is 18.2 Å². The van der Waals surface area contributed by atoms with Crippen LogP contribution in [0.4, 0.5) is 0 Å². The summed E-state index contributed by atoms with van der Waals surface area (Å²) >= 11 is 5.12. The summed E-state index contributed by atoms with van der Waals surface area (Å²) in [4.78, 5) is 5.80. The molecule has 3 heteroatoms. The number of aryl methyl sites for hydroxylation is 3. The van der Waals surface area contributed by atoms with Crippen LogP contribution in [-0.2, 0) is 0 Å². The zero-order valence-electron chi connectivity index (χ0n) is 8.97. The summed E-state index contributed by atoms with van der Waals surface area (Å²) in [5.74, 6) is 0. The van der Waals surface area contributed by atoms with Crippen molar-refractivity contribution in [3.63, 3.8) is 0 Å². The fourth-order valence-corrected chi connectivity index (χ4v) is 3.32. The molecule has 0 unspecified atom stereocenters. The molecule has 2 aromatic rings. The normalized spacial score (nSPS) is 10.7. The maximum atomic E-state index is 4.54. The quantitative estimate of drug-likeness (QED) is 0.750. The Labute approximate surface area is 102 Å². The van der Waals surface area contributed by atoms with Crippen molar-refractivity contribution in [2.45, 2.75) is 20.8 Å². The number of hydrogen-bond acceptors (Lipinski definition) is 2. The predicted octanol–water partition coefficient (Wildman–Crippen LogP) is 4.50. The second-order valence-corrected chi connectivity index (χ2v) is 6.12. The molecule has 0 spiro atoms. The first-order valence-corrected chi connectivity index (χ1v) is 6.40. The second kappa shape index (κ2) is 4.06. The summed E-state index contributed by atoms with van der Waals surface area (Å²) in [5, 5.41) is 0. The van der Waals surface area contributed by atoms with Crippen LogP contribution in [0.15, 0.2) is 22.1 Å². The Morgan fingerprint density at radius 1 is 1.13 bits per heavy atom. The number of aromatic nitrogens is 1. The second-order valence-electron chi connectivity index (χ2n) is 3.64. The molecule has 78 valence electrons. The first kappa shape index (κ1) is 10.8. The molecule has 0 aliphatic rings. The molecule has 15 heavy (non-hydrogen) atoms. The molecule has 0 radical (unpaired) electrons. The summed E-state index contributed by atoms with van der Waals surface area (Å²) < 4.78 is 0.956. The van der Waals surface area contributed by atoms with E-state index >= 15 is 0 Å². The Kier molecular flexibility index (Phi) is 2.94. The van der Waals surface area contributed by atoms with Crippen molar-refractivity contribution in [3.05, 3.63) is 38.1 Å². The van der Waals surface area contributed by atoms with Crippen LogP contribution in [-0.4, -0.2) is 4.98 Å². The number of hydrogen-bond donors (Lipinski definition) is 0. The summed E-state index contributed by atoms with van der Waals surface area (Å²) in [7, 11) is 0. The van der Waals surface area contributed by atoms with Gasteiger partial charge in [-0.15, -0.1) is 11.3 Å². The molecule has 0 atom stereocenters. The summed E-state index contributed by atoms with van der Waals surface area (Å²) in [5.41, 5.74) is 4.96. The molecule has 1 aromatic carbocycles. The van der Waals surface area contributed by atoms with E-state index in [1.54, 1.807) is 11.3 Å². The lowest BCUT2D eigenvalue weighted by Crippen LogP contribution is -1.89. The lowest BCUT2D eigenvalue weighted by Gasteiger charge is -2.07. The molecule has 0 bridgehead atoms. The molecule has 2 rings (SSSR count). The summed E-state index contributed by atoms with van der Waals surface area (Å²) in [6.07, 6.45) is 0. The van der Waals surface area contributed by atoms with Gasteiger partial charge in [0.2, 0.25) is 0 Å². The van der Waals surface area contributed by atoms with E-state index in [9.17, 15) is 0 Å². The number of benzene rings is 1. The number of halogens is 1. The van der Waals surface area contributed by atoms with E-state index < -0.39 is 0 Å². The number of rotatable bonds is 1. The Hall–Kier alpha value is -0.670. The van der Waals surface area contributed by atoms with E-state index in [1.165, 1.54) is 21.6 Å². The van der Waals surface area contributed by atoms with Gasteiger partial charge in [-0.05, 0) is 47.8 Å². The number of thiazole rings is 1. The van der Waals surface area contributed by atoms with E-state index in [-0.39, 0.29) is 0 Å². The average Bonchev–Trinajstić information content (AvgIpc) is 2.45. The maximum Gasteiger partial charge on any atom is 0.160 e. The highest BCUT2D eigenvalue weighted by Gasteiger charge is 2.12. The van der Waals surface area contributed by atoms with Crippen LogP contribution in [0.5, 0.6) is 0 Å². The van der Waals surface area contributed by atoms with Crippen LogP contribution < -0.4 is 0 Å². The molecule has 0 fully saturated rings. The van der Waals surface area contributed by atoms with Crippen LogP contribution in [0.2, 0.25) is 0 Å². The van der Waals surface area contributed by atoms with Gasteiger partial charge < -0.3 is 0 Å².